The Balaban J connectivity index is 3.66. The number of hydrogen-bond acceptors (Lipinski definition) is 3. The second kappa shape index (κ2) is 8.87. The van der Waals surface area contributed by atoms with E-state index in [1.807, 2.05) is 20.8 Å². The van der Waals surface area contributed by atoms with Crippen LogP contribution >= 0.6 is 0 Å². The van der Waals surface area contributed by atoms with Crippen molar-refractivity contribution in [1.29, 1.82) is 0 Å². The maximum absolute atomic E-state index is 14.6. The van der Waals surface area contributed by atoms with Gasteiger partial charge in [-0.25, -0.2) is 8.78 Å². The van der Waals surface area contributed by atoms with Crippen LogP contribution in [-0.4, -0.2) is 25.4 Å². The predicted molar refractivity (Wildman–Crippen MR) is 87.8 cm³/mol. The van der Waals surface area contributed by atoms with E-state index in [-0.39, 0.29) is 0 Å². The normalized spacial score (nSPS) is 11.7. The quantitative estimate of drug-likeness (QED) is 0.400. The van der Waals surface area contributed by atoms with Crippen molar-refractivity contribution in [3.05, 3.63) is 23.3 Å². The number of hydrogen-bond donors (Lipinski definition) is 2. The summed E-state index contributed by atoms with van der Waals surface area (Å²) < 4.78 is 61.8. The SMILES string of the molecule is CCC[Si](CCC)(CCC)c1c(F)c(F)c(OB(O)O)c(F)c1F. The van der Waals surface area contributed by atoms with Crippen LogP contribution < -0.4 is 9.84 Å². The van der Waals surface area contributed by atoms with Gasteiger partial charge >= 0.3 is 7.32 Å². The van der Waals surface area contributed by atoms with Crippen molar-refractivity contribution >= 4 is 20.6 Å². The van der Waals surface area contributed by atoms with E-state index in [0.29, 0.717) is 37.4 Å². The van der Waals surface area contributed by atoms with E-state index in [0.717, 1.165) is 0 Å². The van der Waals surface area contributed by atoms with Gasteiger partial charge in [0, 0.05) is 5.19 Å². The predicted octanol–water partition coefficient (Wildman–Crippen LogP) is 3.48. The number of rotatable bonds is 9. The molecule has 0 heterocycles. The van der Waals surface area contributed by atoms with Gasteiger partial charge in [0.1, 0.15) is 0 Å². The molecule has 9 heteroatoms. The van der Waals surface area contributed by atoms with Crippen LogP contribution in [-0.2, 0) is 0 Å². The third-order valence-corrected chi connectivity index (χ3v) is 10.0. The molecule has 0 saturated carbocycles. The van der Waals surface area contributed by atoms with Gasteiger partial charge in [-0.3, -0.25) is 0 Å². The molecule has 0 amide bonds. The van der Waals surface area contributed by atoms with Crippen LogP contribution in [0.25, 0.3) is 0 Å². The number of halogens is 4. The highest BCUT2D eigenvalue weighted by molar-refractivity contribution is 6.92. The highest BCUT2D eigenvalue weighted by Crippen LogP contribution is 2.33. The van der Waals surface area contributed by atoms with E-state index in [4.69, 9.17) is 10.0 Å². The second-order valence-corrected chi connectivity index (χ2v) is 10.5. The first-order valence-electron chi connectivity index (χ1n) is 8.14. The lowest BCUT2D eigenvalue weighted by molar-refractivity contribution is 0.269. The lowest BCUT2D eigenvalue weighted by atomic mass is 10.2. The van der Waals surface area contributed by atoms with E-state index in [1.165, 1.54) is 0 Å². The van der Waals surface area contributed by atoms with Crippen molar-refractivity contribution in [2.75, 3.05) is 0 Å². The Morgan fingerprint density at radius 2 is 1.17 bits per heavy atom. The second-order valence-electron chi connectivity index (χ2n) is 5.93. The van der Waals surface area contributed by atoms with Gasteiger partial charge in [-0.2, -0.15) is 8.78 Å². The first kappa shape index (κ1) is 21.0. The summed E-state index contributed by atoms with van der Waals surface area (Å²) in [5.74, 6) is -7.86. The molecule has 0 unspecified atom stereocenters. The molecule has 3 nitrogen and oxygen atoms in total. The van der Waals surface area contributed by atoms with E-state index >= 15 is 0 Å². The van der Waals surface area contributed by atoms with Crippen LogP contribution in [0.4, 0.5) is 17.6 Å². The fourth-order valence-corrected chi connectivity index (χ4v) is 8.99. The van der Waals surface area contributed by atoms with Crippen molar-refractivity contribution in [2.24, 2.45) is 0 Å². The largest absolute Gasteiger partial charge is 0.707 e. The average molecular weight is 366 g/mol. The van der Waals surface area contributed by atoms with Crippen molar-refractivity contribution < 1.29 is 32.3 Å². The summed E-state index contributed by atoms with van der Waals surface area (Å²) in [6, 6.07) is 1.55. The standard InChI is InChI=1S/C15H23BF4O3Si/c1-4-7-24(8-5-2,9-6-3)15-12(19)10(17)14(23-16(21)22)11(18)13(15)20/h21-22H,4-9H2,1-3H3. The molecular weight excluding hydrogens is 343 g/mol. The molecule has 136 valence electrons. The van der Waals surface area contributed by atoms with Crippen LogP contribution in [0.5, 0.6) is 5.75 Å². The Bertz CT molecular complexity index is 526. The van der Waals surface area contributed by atoms with Crippen molar-refractivity contribution in [1.82, 2.24) is 0 Å². The molecule has 0 saturated heterocycles. The molecule has 1 rings (SSSR count). The zero-order valence-corrected chi connectivity index (χ0v) is 15.1. The number of benzene rings is 1. The van der Waals surface area contributed by atoms with E-state index < -0.39 is 49.6 Å². The summed E-state index contributed by atoms with van der Waals surface area (Å²) in [5.41, 5.74) is 0. The van der Waals surface area contributed by atoms with Gasteiger partial charge in [0.25, 0.3) is 0 Å². The van der Waals surface area contributed by atoms with Gasteiger partial charge in [0.15, 0.2) is 17.4 Å². The van der Waals surface area contributed by atoms with E-state index in [9.17, 15) is 17.6 Å². The molecule has 0 radical (unpaired) electrons. The molecule has 0 atom stereocenters. The summed E-state index contributed by atoms with van der Waals surface area (Å²) in [6.07, 6.45) is 1.96. The van der Waals surface area contributed by atoms with Crippen molar-refractivity contribution in [3.8, 4) is 5.75 Å². The minimum absolute atomic E-state index is 0.483. The Hall–Kier alpha value is -1.06. The molecule has 1 aromatic carbocycles. The summed E-state index contributed by atoms with van der Waals surface area (Å²) in [6.45, 7) is 5.61. The van der Waals surface area contributed by atoms with Gasteiger partial charge in [-0.1, -0.05) is 58.2 Å². The fourth-order valence-electron chi connectivity index (χ4n) is 3.47. The van der Waals surface area contributed by atoms with Crippen LogP contribution in [0.2, 0.25) is 18.1 Å². The van der Waals surface area contributed by atoms with Crippen LogP contribution in [0, 0.1) is 23.3 Å². The maximum Gasteiger partial charge on any atom is 0.707 e. The van der Waals surface area contributed by atoms with Crippen LogP contribution in [0.15, 0.2) is 0 Å². The molecule has 0 aromatic heterocycles. The van der Waals surface area contributed by atoms with Crippen LogP contribution in [0.3, 0.4) is 0 Å². The topological polar surface area (TPSA) is 49.7 Å². The Kier molecular flexibility index (Phi) is 7.75. The lowest BCUT2D eigenvalue weighted by Gasteiger charge is -2.33. The first-order valence-corrected chi connectivity index (χ1v) is 10.8. The van der Waals surface area contributed by atoms with Crippen molar-refractivity contribution in [3.63, 3.8) is 0 Å². The molecule has 24 heavy (non-hydrogen) atoms. The van der Waals surface area contributed by atoms with Crippen molar-refractivity contribution in [2.45, 2.75) is 58.2 Å². The molecule has 0 aliphatic carbocycles. The minimum Gasteiger partial charge on any atom is -0.507 e. The highest BCUT2D eigenvalue weighted by Gasteiger charge is 2.41. The van der Waals surface area contributed by atoms with Gasteiger partial charge < -0.3 is 14.7 Å². The smallest absolute Gasteiger partial charge is 0.507 e. The minimum atomic E-state index is -2.80. The maximum atomic E-state index is 14.6. The molecule has 0 aliphatic heterocycles. The summed E-state index contributed by atoms with van der Waals surface area (Å²) >= 11 is 0. The zero-order valence-electron chi connectivity index (χ0n) is 14.1. The average Bonchev–Trinajstić information content (AvgIpc) is 2.50. The van der Waals surface area contributed by atoms with E-state index in [1.54, 1.807) is 0 Å². The molecule has 0 spiro atoms. The van der Waals surface area contributed by atoms with Gasteiger partial charge in [0.05, 0.1) is 8.07 Å². The Labute approximate surface area is 140 Å². The summed E-state index contributed by atoms with van der Waals surface area (Å²) in [5, 5.41) is 16.9. The molecule has 0 bridgehead atoms. The summed E-state index contributed by atoms with van der Waals surface area (Å²) in [4.78, 5) is 0. The van der Waals surface area contributed by atoms with Gasteiger partial charge in [-0.05, 0) is 0 Å². The first-order chi connectivity index (χ1) is 11.3. The van der Waals surface area contributed by atoms with E-state index in [2.05, 4.69) is 4.65 Å². The highest BCUT2D eigenvalue weighted by atomic mass is 28.3. The molecular formula is C15H23BF4O3Si. The van der Waals surface area contributed by atoms with Crippen LogP contribution in [0.1, 0.15) is 40.0 Å². The molecule has 2 N–H and O–H groups in total. The lowest BCUT2D eigenvalue weighted by Crippen LogP contribution is -2.51. The third kappa shape index (κ3) is 4.12. The van der Waals surface area contributed by atoms with Gasteiger partial charge in [0.2, 0.25) is 11.6 Å². The molecule has 0 fully saturated rings. The monoisotopic (exact) mass is 366 g/mol. The summed E-state index contributed by atoms with van der Waals surface area (Å²) in [7, 11) is -5.38. The van der Waals surface area contributed by atoms with Gasteiger partial charge in [-0.15, -0.1) is 0 Å². The Morgan fingerprint density at radius 1 is 0.792 bits per heavy atom. The third-order valence-electron chi connectivity index (χ3n) is 4.16. The molecule has 0 aliphatic rings. The fraction of sp³-hybridized carbons (Fsp3) is 0.600. The zero-order chi connectivity index (χ0) is 18.5. The molecule has 1 aromatic rings. The Morgan fingerprint density at radius 3 is 1.46 bits per heavy atom.